The second-order valence-electron chi connectivity index (χ2n) is 21.7. The number of carbonyl (C=O) groups excluding carboxylic acids is 2. The number of piperazine rings is 2. The fraction of sp³-hybridized carbons (Fsp3) is 0.500. The highest BCUT2D eigenvalue weighted by Gasteiger charge is 2.48. The van der Waals surface area contributed by atoms with Crippen molar-refractivity contribution in [3.05, 3.63) is 119 Å². The average Bonchev–Trinajstić information content (AvgIpc) is 3.46. The first kappa shape index (κ1) is 63.3. The van der Waals surface area contributed by atoms with Crippen LogP contribution in [0.15, 0.2) is 117 Å². The van der Waals surface area contributed by atoms with Gasteiger partial charge in [0.05, 0.1) is 11.8 Å². The summed E-state index contributed by atoms with van der Waals surface area (Å²) in [6, 6.07) is 28.2. The van der Waals surface area contributed by atoms with Gasteiger partial charge in [-0.3, -0.25) is 23.5 Å². The average molecular weight is 1180 g/mol. The SMILES string of the molecule is CC(C)(C)C=O.COCOP(=O)(O)CCN1CCN(CCC(CSc2ccccc2)Nc2ccc(SNC(=O)c3ccc(N4CCN(CC5=C(c6ccc(Cl)cc6)CCC(C)(C)C5)CC4)cc3)cc2S(=O)(=O)C(F)(F)F)CC1. The molecule has 1 amide bonds. The summed E-state index contributed by atoms with van der Waals surface area (Å²) in [5.74, 6) is -0.0594. The molecular formula is C56H75ClF3N6O8PS3. The smallest absolute Gasteiger partial charge is 0.380 e. The number of amides is 1. The van der Waals surface area contributed by atoms with Gasteiger partial charge in [0.25, 0.3) is 15.7 Å². The standard InChI is InChI=1S/C51H65ClF3N6O7PS3.C5H10O/c1-50(2)21-19-46(38-9-13-41(52)14-10-38)40(34-50)35-60-27-29-61(30-28-60)43-15-11-39(12-16-43)49(62)57-71-45-17-18-47(48(33-45)72(65,66)51(53,54)55)56-42(36-70-44-7-5-4-6-8-44)20-22-58-23-25-59(26-24-58)31-32-69(63,64)68-37-67-3;1-5(2,3)4-6/h4-18,33,42,56H,19-32,34-37H2,1-3H3,(H,57,62)(H,63,64);4H,1-3H3. The Hall–Kier alpha value is -3.92. The molecule has 2 saturated heterocycles. The van der Waals surface area contributed by atoms with Gasteiger partial charge in [-0.25, -0.2) is 8.42 Å². The molecule has 0 aromatic heterocycles. The maximum atomic E-state index is 14.3. The number of rotatable bonds is 22. The van der Waals surface area contributed by atoms with E-state index < -0.39 is 39.8 Å². The van der Waals surface area contributed by atoms with Gasteiger partial charge in [-0.15, -0.1) is 11.8 Å². The maximum absolute atomic E-state index is 14.3. The lowest BCUT2D eigenvalue weighted by Crippen LogP contribution is -2.48. The second kappa shape index (κ2) is 28.7. The van der Waals surface area contributed by atoms with E-state index in [4.69, 9.17) is 20.9 Å². The van der Waals surface area contributed by atoms with E-state index in [0.29, 0.717) is 57.0 Å². The summed E-state index contributed by atoms with van der Waals surface area (Å²) in [6.45, 7) is 17.9. The number of sulfone groups is 1. The van der Waals surface area contributed by atoms with Gasteiger partial charge in [0.15, 0.2) is 6.79 Å². The first-order chi connectivity index (χ1) is 36.8. The molecule has 0 radical (unpaired) electrons. The van der Waals surface area contributed by atoms with Gasteiger partial charge in [-0.05, 0) is 121 Å². The number of hydrogen-bond acceptors (Lipinski definition) is 14. The Labute approximate surface area is 472 Å². The molecule has 2 unspecified atom stereocenters. The molecule has 1 aliphatic carbocycles. The molecule has 0 saturated carbocycles. The van der Waals surface area contributed by atoms with E-state index >= 15 is 0 Å². The maximum Gasteiger partial charge on any atom is 0.501 e. The monoisotopic (exact) mass is 1180 g/mol. The summed E-state index contributed by atoms with van der Waals surface area (Å²) < 4.78 is 93.9. The molecule has 2 fully saturated rings. The Morgan fingerprint density at radius 2 is 1.49 bits per heavy atom. The molecule has 0 bridgehead atoms. The lowest BCUT2D eigenvalue weighted by atomic mass is 9.73. The van der Waals surface area contributed by atoms with Crippen molar-refractivity contribution in [1.82, 2.24) is 19.4 Å². The number of benzene rings is 4. The van der Waals surface area contributed by atoms with Gasteiger partial charge in [0, 0.05) is 122 Å². The summed E-state index contributed by atoms with van der Waals surface area (Å²) >= 11 is 8.45. The molecule has 14 nitrogen and oxygen atoms in total. The van der Waals surface area contributed by atoms with E-state index in [1.165, 1.54) is 47.7 Å². The number of methoxy groups -OCH3 is 1. The molecular weight excluding hydrogens is 1100 g/mol. The van der Waals surface area contributed by atoms with Gasteiger partial charge in [-0.1, -0.05) is 82.1 Å². The van der Waals surface area contributed by atoms with Crippen molar-refractivity contribution in [2.24, 2.45) is 10.8 Å². The number of hydrogen-bond donors (Lipinski definition) is 3. The van der Waals surface area contributed by atoms with Crippen LogP contribution in [0.4, 0.5) is 24.5 Å². The van der Waals surface area contributed by atoms with Crippen LogP contribution in [0.3, 0.4) is 0 Å². The molecule has 3 N–H and O–H groups in total. The lowest BCUT2D eigenvalue weighted by Gasteiger charge is -2.39. The van der Waals surface area contributed by atoms with Crippen molar-refractivity contribution < 1.29 is 49.9 Å². The normalized spacial score (nSPS) is 18.1. The van der Waals surface area contributed by atoms with E-state index in [2.05, 4.69) is 55.6 Å². The minimum atomic E-state index is -5.82. The highest BCUT2D eigenvalue weighted by Crippen LogP contribution is 2.44. The number of allylic oxidation sites excluding steroid dienone is 1. The number of ether oxygens (including phenoxy) is 1. The van der Waals surface area contributed by atoms with Crippen molar-refractivity contribution in [2.75, 3.05) is 108 Å². The van der Waals surface area contributed by atoms with Crippen LogP contribution < -0.4 is 14.9 Å². The van der Waals surface area contributed by atoms with Crippen molar-refractivity contribution in [2.45, 2.75) is 86.5 Å². The predicted octanol–water partition coefficient (Wildman–Crippen LogP) is 11.5. The zero-order valence-electron chi connectivity index (χ0n) is 45.4. The van der Waals surface area contributed by atoms with Crippen molar-refractivity contribution in [1.29, 1.82) is 0 Å². The molecule has 22 heteroatoms. The van der Waals surface area contributed by atoms with Gasteiger partial charge in [0.1, 0.15) is 11.2 Å². The number of aldehydes is 1. The van der Waals surface area contributed by atoms with E-state index in [1.54, 1.807) is 12.1 Å². The Morgan fingerprint density at radius 3 is 2.09 bits per heavy atom. The van der Waals surface area contributed by atoms with Gasteiger partial charge in [-0.2, -0.15) is 13.2 Å². The molecule has 4 aromatic carbocycles. The number of halogens is 4. The first-order valence-electron chi connectivity index (χ1n) is 26.1. The summed E-state index contributed by atoms with van der Waals surface area (Å²) in [5.41, 5.74) is -0.186. The van der Waals surface area contributed by atoms with Crippen LogP contribution in [0.1, 0.15) is 76.2 Å². The van der Waals surface area contributed by atoms with Crippen molar-refractivity contribution in [3.8, 4) is 0 Å². The fourth-order valence-corrected chi connectivity index (χ4v) is 12.9. The Morgan fingerprint density at radius 1 is 0.872 bits per heavy atom. The molecule has 2 heterocycles. The van der Waals surface area contributed by atoms with Crippen molar-refractivity contribution >= 4 is 81.9 Å². The Balaban J connectivity index is 0.00000155. The van der Waals surface area contributed by atoms with E-state index in [0.717, 1.165) is 91.9 Å². The summed E-state index contributed by atoms with van der Waals surface area (Å²) in [4.78, 5) is 42.5. The third kappa shape index (κ3) is 19.7. The molecule has 7 rings (SSSR count). The number of nitrogens with zero attached hydrogens (tertiary/aromatic N) is 4. The second-order valence-corrected chi connectivity index (χ2v) is 28.0. The van der Waals surface area contributed by atoms with Gasteiger partial charge < -0.3 is 34.4 Å². The zero-order chi connectivity index (χ0) is 56.7. The third-order valence-corrected chi connectivity index (χ3v) is 18.7. The highest BCUT2D eigenvalue weighted by atomic mass is 35.5. The zero-order valence-corrected chi connectivity index (χ0v) is 49.5. The van der Waals surface area contributed by atoms with Gasteiger partial charge >= 0.3 is 13.1 Å². The van der Waals surface area contributed by atoms with Crippen LogP contribution in [-0.4, -0.2) is 150 Å². The van der Waals surface area contributed by atoms with Crippen LogP contribution in [-0.2, 0) is 28.5 Å². The van der Waals surface area contributed by atoms with Crippen LogP contribution in [0.25, 0.3) is 5.57 Å². The summed E-state index contributed by atoms with van der Waals surface area (Å²) in [6.07, 6.45) is 4.62. The molecule has 2 aliphatic heterocycles. The van der Waals surface area contributed by atoms with E-state index in [1.807, 2.05) is 75.4 Å². The van der Waals surface area contributed by atoms with Gasteiger partial charge in [0.2, 0.25) is 0 Å². The third-order valence-electron chi connectivity index (χ3n) is 13.7. The number of carbonyl (C=O) groups is 2. The topological polar surface area (TPSA) is 161 Å². The molecule has 0 spiro atoms. The number of anilines is 2. The van der Waals surface area contributed by atoms with Crippen LogP contribution >= 0.6 is 42.9 Å². The molecule has 78 heavy (non-hydrogen) atoms. The quantitative estimate of drug-likeness (QED) is 0.0224. The minimum Gasteiger partial charge on any atom is -0.380 e. The largest absolute Gasteiger partial charge is 0.501 e. The number of thioether (sulfide) groups is 1. The van der Waals surface area contributed by atoms with Crippen LogP contribution in [0.5, 0.6) is 0 Å². The minimum absolute atomic E-state index is 0.0361. The van der Waals surface area contributed by atoms with E-state index in [-0.39, 0.29) is 34.4 Å². The summed E-state index contributed by atoms with van der Waals surface area (Å²) in [5, 5.41) is 3.88. The van der Waals surface area contributed by atoms with Crippen LogP contribution in [0, 0.1) is 10.8 Å². The first-order valence-corrected chi connectivity index (χ1v) is 31.5. The molecule has 428 valence electrons. The molecule has 2 atom stereocenters. The predicted molar refractivity (Wildman–Crippen MR) is 309 cm³/mol. The number of nitrogens with one attached hydrogen (secondary N) is 2. The summed E-state index contributed by atoms with van der Waals surface area (Å²) in [7, 11) is -8.23. The fourth-order valence-electron chi connectivity index (χ4n) is 9.19. The van der Waals surface area contributed by atoms with E-state index in [9.17, 15) is 40.6 Å². The van der Waals surface area contributed by atoms with Crippen molar-refractivity contribution in [3.63, 3.8) is 0 Å². The van der Waals surface area contributed by atoms with Crippen LogP contribution in [0.2, 0.25) is 5.02 Å². The highest BCUT2D eigenvalue weighted by molar-refractivity contribution is 7.99. The lowest BCUT2D eigenvalue weighted by molar-refractivity contribution is -0.113. The Bertz CT molecular complexity index is 2780. The Kier molecular flexibility index (Phi) is 23.3. The molecule has 3 aliphatic rings. The molecule has 4 aromatic rings. The number of alkyl halides is 3.